The second kappa shape index (κ2) is 8.47. The fraction of sp³-hybridized carbons (Fsp3) is 0.370. The highest BCUT2D eigenvalue weighted by Gasteiger charge is 2.37. The lowest BCUT2D eigenvalue weighted by molar-refractivity contribution is 0.0191. The predicted molar refractivity (Wildman–Crippen MR) is 124 cm³/mol. The number of fused-ring (bicyclic) bond motifs is 1. The van der Waals surface area contributed by atoms with Gasteiger partial charge in [-0.2, -0.15) is 0 Å². The maximum atomic E-state index is 13.2. The number of aliphatic hydroxyl groups excluding tert-OH is 1. The van der Waals surface area contributed by atoms with Crippen molar-refractivity contribution in [1.82, 2.24) is 14.9 Å². The second-order valence-corrected chi connectivity index (χ2v) is 9.20. The maximum Gasteiger partial charge on any atom is 0.254 e. The van der Waals surface area contributed by atoms with Crippen LogP contribution in [0.25, 0.3) is 11.3 Å². The zero-order valence-electron chi connectivity index (χ0n) is 18.7. The Morgan fingerprint density at radius 3 is 2.66 bits per heavy atom. The summed E-state index contributed by atoms with van der Waals surface area (Å²) < 4.78 is 0. The number of carbonyl (C=O) groups is 1. The SMILES string of the molecule is Cc1cc(-c2ccc(Cc3cc4c(cc3C)CN([C@H]3CCCC[C@@H]3O)C4=O)cn2)ccn1. The Labute approximate surface area is 189 Å². The van der Waals surface area contributed by atoms with Crippen molar-refractivity contribution in [2.75, 3.05) is 0 Å². The molecule has 1 amide bonds. The van der Waals surface area contributed by atoms with Crippen LogP contribution in [0.4, 0.5) is 0 Å². The van der Waals surface area contributed by atoms with Gasteiger partial charge in [0.15, 0.2) is 0 Å². The van der Waals surface area contributed by atoms with Gasteiger partial charge in [-0.1, -0.05) is 25.0 Å². The van der Waals surface area contributed by atoms with Crippen LogP contribution in [-0.4, -0.2) is 38.0 Å². The minimum atomic E-state index is -0.406. The molecule has 1 aliphatic carbocycles. The zero-order valence-corrected chi connectivity index (χ0v) is 18.7. The molecule has 5 heteroatoms. The van der Waals surface area contributed by atoms with Gasteiger partial charge in [-0.15, -0.1) is 0 Å². The van der Waals surface area contributed by atoms with Crippen LogP contribution in [-0.2, 0) is 13.0 Å². The third kappa shape index (κ3) is 3.93. The van der Waals surface area contributed by atoms with Gasteiger partial charge < -0.3 is 10.0 Å². The Bertz CT molecular complexity index is 1160. The molecule has 1 fully saturated rings. The summed E-state index contributed by atoms with van der Waals surface area (Å²) in [6, 6.07) is 12.3. The van der Waals surface area contributed by atoms with E-state index < -0.39 is 6.10 Å². The van der Waals surface area contributed by atoms with E-state index in [1.165, 1.54) is 5.56 Å². The van der Waals surface area contributed by atoms with E-state index in [-0.39, 0.29) is 11.9 Å². The normalized spacial score (nSPS) is 20.5. The first kappa shape index (κ1) is 20.8. The fourth-order valence-electron chi connectivity index (χ4n) is 5.09. The highest BCUT2D eigenvalue weighted by atomic mass is 16.3. The smallest absolute Gasteiger partial charge is 0.254 e. The number of aromatic nitrogens is 2. The van der Waals surface area contributed by atoms with E-state index in [1.807, 2.05) is 36.2 Å². The molecule has 2 aliphatic rings. The number of hydrogen-bond donors (Lipinski definition) is 1. The molecule has 1 N–H and O–H groups in total. The summed E-state index contributed by atoms with van der Waals surface area (Å²) in [6.07, 6.45) is 7.86. The summed E-state index contributed by atoms with van der Waals surface area (Å²) in [5.74, 6) is 0.0636. The Kier molecular flexibility index (Phi) is 5.51. The van der Waals surface area contributed by atoms with Crippen LogP contribution in [0.5, 0.6) is 0 Å². The summed E-state index contributed by atoms with van der Waals surface area (Å²) in [5, 5.41) is 10.4. The molecule has 1 saturated carbocycles. The van der Waals surface area contributed by atoms with Crippen molar-refractivity contribution in [2.45, 2.75) is 64.6 Å². The molecule has 5 rings (SSSR count). The van der Waals surface area contributed by atoms with Crippen LogP contribution < -0.4 is 0 Å². The summed E-state index contributed by atoms with van der Waals surface area (Å²) in [4.78, 5) is 24.0. The summed E-state index contributed by atoms with van der Waals surface area (Å²) >= 11 is 0. The molecule has 164 valence electrons. The molecular formula is C27H29N3O2. The van der Waals surface area contributed by atoms with Crippen molar-refractivity contribution < 1.29 is 9.90 Å². The number of aliphatic hydroxyl groups is 1. The van der Waals surface area contributed by atoms with Crippen LogP contribution in [0.1, 0.15) is 64.0 Å². The van der Waals surface area contributed by atoms with Gasteiger partial charge in [0, 0.05) is 35.8 Å². The lowest BCUT2D eigenvalue weighted by atomic mass is 9.91. The van der Waals surface area contributed by atoms with Crippen LogP contribution in [0, 0.1) is 13.8 Å². The van der Waals surface area contributed by atoms with Gasteiger partial charge in [0.2, 0.25) is 0 Å². The molecular weight excluding hydrogens is 398 g/mol. The first-order valence-electron chi connectivity index (χ1n) is 11.5. The number of pyridine rings is 2. The molecule has 1 aliphatic heterocycles. The van der Waals surface area contributed by atoms with Gasteiger partial charge in [0.1, 0.15) is 0 Å². The molecule has 3 heterocycles. The second-order valence-electron chi connectivity index (χ2n) is 9.20. The van der Waals surface area contributed by atoms with Crippen molar-refractivity contribution in [3.8, 4) is 11.3 Å². The molecule has 0 saturated heterocycles. The first-order chi connectivity index (χ1) is 15.5. The van der Waals surface area contributed by atoms with Crippen LogP contribution in [0.3, 0.4) is 0 Å². The summed E-state index contributed by atoms with van der Waals surface area (Å²) in [5.41, 5.74) is 8.30. The Hall–Kier alpha value is -3.05. The monoisotopic (exact) mass is 427 g/mol. The van der Waals surface area contributed by atoms with E-state index in [9.17, 15) is 9.90 Å². The Morgan fingerprint density at radius 2 is 1.91 bits per heavy atom. The van der Waals surface area contributed by atoms with E-state index in [4.69, 9.17) is 0 Å². The quantitative estimate of drug-likeness (QED) is 0.660. The first-order valence-corrected chi connectivity index (χ1v) is 11.5. The molecule has 0 spiro atoms. The van der Waals surface area contributed by atoms with E-state index in [1.54, 1.807) is 6.20 Å². The molecule has 2 atom stereocenters. The number of nitrogens with zero attached hydrogens (tertiary/aromatic N) is 3. The van der Waals surface area contributed by atoms with Crippen molar-refractivity contribution in [3.05, 3.63) is 82.3 Å². The predicted octanol–water partition coefficient (Wildman–Crippen LogP) is 4.61. The molecule has 1 aromatic carbocycles. The summed E-state index contributed by atoms with van der Waals surface area (Å²) in [6.45, 7) is 4.70. The highest BCUT2D eigenvalue weighted by molar-refractivity contribution is 5.99. The van der Waals surface area contributed by atoms with E-state index >= 15 is 0 Å². The van der Waals surface area contributed by atoms with Crippen molar-refractivity contribution in [3.63, 3.8) is 0 Å². The molecule has 0 bridgehead atoms. The number of hydrogen-bond acceptors (Lipinski definition) is 4. The van der Waals surface area contributed by atoms with Crippen molar-refractivity contribution in [1.29, 1.82) is 0 Å². The van der Waals surface area contributed by atoms with E-state index in [0.717, 1.165) is 71.3 Å². The van der Waals surface area contributed by atoms with E-state index in [2.05, 4.69) is 35.1 Å². The molecule has 5 nitrogen and oxygen atoms in total. The molecule has 0 unspecified atom stereocenters. The number of amides is 1. The molecule has 32 heavy (non-hydrogen) atoms. The minimum absolute atomic E-state index is 0.0547. The third-order valence-corrected chi connectivity index (χ3v) is 6.90. The number of carbonyl (C=O) groups excluding carboxylic acids is 1. The van der Waals surface area contributed by atoms with Gasteiger partial charge in [-0.25, -0.2) is 0 Å². The van der Waals surface area contributed by atoms with Gasteiger partial charge in [0.25, 0.3) is 5.91 Å². The lowest BCUT2D eigenvalue weighted by Gasteiger charge is -2.35. The average Bonchev–Trinajstić information content (AvgIpc) is 3.10. The van der Waals surface area contributed by atoms with Gasteiger partial charge >= 0.3 is 0 Å². The van der Waals surface area contributed by atoms with Crippen LogP contribution >= 0.6 is 0 Å². The molecule has 0 radical (unpaired) electrons. The average molecular weight is 428 g/mol. The van der Waals surface area contributed by atoms with Gasteiger partial charge in [0.05, 0.1) is 17.8 Å². The van der Waals surface area contributed by atoms with Gasteiger partial charge in [-0.3, -0.25) is 14.8 Å². The number of benzene rings is 1. The van der Waals surface area contributed by atoms with Crippen LogP contribution in [0.2, 0.25) is 0 Å². The molecule has 2 aromatic heterocycles. The number of aryl methyl sites for hydroxylation is 2. The fourth-order valence-corrected chi connectivity index (χ4v) is 5.09. The molecule has 3 aromatic rings. The maximum absolute atomic E-state index is 13.2. The lowest BCUT2D eigenvalue weighted by Crippen LogP contribution is -2.45. The minimum Gasteiger partial charge on any atom is -0.391 e. The Balaban J connectivity index is 1.36. The van der Waals surface area contributed by atoms with Gasteiger partial charge in [-0.05, 0) is 79.6 Å². The third-order valence-electron chi connectivity index (χ3n) is 6.90. The highest BCUT2D eigenvalue weighted by Crippen LogP contribution is 2.33. The van der Waals surface area contributed by atoms with Crippen molar-refractivity contribution >= 4 is 5.91 Å². The van der Waals surface area contributed by atoms with Crippen molar-refractivity contribution in [2.24, 2.45) is 0 Å². The summed E-state index contributed by atoms with van der Waals surface area (Å²) in [7, 11) is 0. The standard InChI is InChI=1S/C27H29N3O2/c1-17-11-22-16-30(25-5-3-4-6-26(25)31)27(32)23(22)14-21(17)13-19-7-8-24(29-15-19)20-9-10-28-18(2)12-20/h7-12,14-15,25-26,31H,3-6,13,16H2,1-2H3/t25-,26-/m0/s1. The Morgan fingerprint density at radius 1 is 1.06 bits per heavy atom. The van der Waals surface area contributed by atoms with Crippen LogP contribution in [0.15, 0.2) is 48.8 Å². The zero-order chi connectivity index (χ0) is 22.2. The van der Waals surface area contributed by atoms with E-state index in [0.29, 0.717) is 6.54 Å². The largest absolute Gasteiger partial charge is 0.391 e. The number of rotatable bonds is 4. The topological polar surface area (TPSA) is 66.3 Å².